The van der Waals surface area contributed by atoms with Crippen molar-refractivity contribution in [2.45, 2.75) is 24.8 Å². The normalized spacial score (nSPS) is 11.0. The molecule has 0 bridgehead atoms. The van der Waals surface area contributed by atoms with Crippen molar-refractivity contribution in [3.63, 3.8) is 0 Å². The third-order valence-electron chi connectivity index (χ3n) is 5.50. The first-order valence-corrected chi connectivity index (χ1v) is 12.0. The Morgan fingerprint density at radius 1 is 1.00 bits per heavy atom. The number of aromatic amines is 1. The highest BCUT2D eigenvalue weighted by atomic mass is 32.2. The van der Waals surface area contributed by atoms with Crippen molar-refractivity contribution >= 4 is 39.9 Å². The number of hydrogen-bond acceptors (Lipinski definition) is 5. The maximum atomic E-state index is 13.2. The van der Waals surface area contributed by atoms with E-state index in [-0.39, 0.29) is 29.7 Å². The molecule has 0 aliphatic carbocycles. The van der Waals surface area contributed by atoms with Crippen molar-refractivity contribution < 1.29 is 4.79 Å². The molecule has 174 valence electrons. The van der Waals surface area contributed by atoms with E-state index in [4.69, 9.17) is 5.73 Å². The Morgan fingerprint density at radius 3 is 2.44 bits per heavy atom. The number of benzene rings is 3. The van der Waals surface area contributed by atoms with Gasteiger partial charge in [-0.3, -0.25) is 19.1 Å². The van der Waals surface area contributed by atoms with Gasteiger partial charge in [-0.15, -0.1) is 11.8 Å². The van der Waals surface area contributed by atoms with Gasteiger partial charge >= 0.3 is 5.69 Å². The molecule has 8 heteroatoms. The molecule has 7 nitrogen and oxygen atoms in total. The van der Waals surface area contributed by atoms with E-state index in [0.29, 0.717) is 13.0 Å². The highest BCUT2D eigenvalue weighted by Gasteiger charge is 2.24. The molecule has 0 saturated carbocycles. The van der Waals surface area contributed by atoms with Gasteiger partial charge in [-0.05, 0) is 34.9 Å². The molecule has 0 unspecified atom stereocenters. The zero-order chi connectivity index (χ0) is 24.1. The summed E-state index contributed by atoms with van der Waals surface area (Å²) >= 11 is 1.40. The summed E-state index contributed by atoms with van der Waals surface area (Å²) in [6.45, 7) is 2.42. The smallest absolute Gasteiger partial charge is 0.330 e. The molecule has 0 radical (unpaired) electrons. The maximum absolute atomic E-state index is 13.2. The monoisotopic (exact) mass is 474 g/mol. The minimum Gasteiger partial charge on any atom is -0.383 e. The largest absolute Gasteiger partial charge is 0.383 e. The Bertz CT molecular complexity index is 1430. The topological polar surface area (TPSA) is 101 Å². The Labute approximate surface area is 201 Å². The highest BCUT2D eigenvalue weighted by Crippen LogP contribution is 2.25. The summed E-state index contributed by atoms with van der Waals surface area (Å²) in [6, 6.07) is 23.4. The van der Waals surface area contributed by atoms with Crippen molar-refractivity contribution in [3.05, 3.63) is 99.2 Å². The lowest BCUT2D eigenvalue weighted by Crippen LogP contribution is -2.42. The number of fused-ring (bicyclic) bond motifs is 1. The highest BCUT2D eigenvalue weighted by molar-refractivity contribution is 8.00. The van der Waals surface area contributed by atoms with Crippen molar-refractivity contribution in [3.8, 4) is 0 Å². The molecule has 0 aliphatic rings. The third kappa shape index (κ3) is 5.07. The van der Waals surface area contributed by atoms with Crippen LogP contribution in [0.25, 0.3) is 10.8 Å². The third-order valence-corrected chi connectivity index (χ3v) is 6.48. The summed E-state index contributed by atoms with van der Waals surface area (Å²) in [4.78, 5) is 43.2. The van der Waals surface area contributed by atoms with Crippen LogP contribution in [-0.2, 0) is 11.3 Å². The van der Waals surface area contributed by atoms with E-state index in [0.717, 1.165) is 21.2 Å². The molecule has 4 rings (SSSR count). The summed E-state index contributed by atoms with van der Waals surface area (Å²) in [5, 5.41) is 2.23. The van der Waals surface area contributed by atoms with E-state index in [1.54, 1.807) is 0 Å². The van der Waals surface area contributed by atoms with Crippen LogP contribution in [-0.4, -0.2) is 27.8 Å². The molecule has 0 fully saturated rings. The van der Waals surface area contributed by atoms with Gasteiger partial charge in [0.05, 0.1) is 12.3 Å². The molecule has 0 atom stereocenters. The zero-order valence-corrected chi connectivity index (χ0v) is 19.7. The predicted molar refractivity (Wildman–Crippen MR) is 139 cm³/mol. The lowest BCUT2D eigenvalue weighted by atomic mass is 10.1. The molecule has 1 heterocycles. The number of aromatic nitrogens is 2. The average molecular weight is 475 g/mol. The van der Waals surface area contributed by atoms with Crippen LogP contribution >= 0.6 is 11.8 Å². The molecule has 3 N–H and O–H groups in total. The van der Waals surface area contributed by atoms with Crippen LogP contribution in [0.5, 0.6) is 0 Å². The number of H-pyrrole nitrogens is 1. The summed E-state index contributed by atoms with van der Waals surface area (Å²) in [5.41, 5.74) is 5.92. The fourth-order valence-corrected chi connectivity index (χ4v) is 4.65. The van der Waals surface area contributed by atoms with Crippen LogP contribution < -0.4 is 21.9 Å². The van der Waals surface area contributed by atoms with Crippen LogP contribution in [0.1, 0.15) is 18.9 Å². The summed E-state index contributed by atoms with van der Waals surface area (Å²) in [7, 11) is 0. The first-order valence-electron chi connectivity index (χ1n) is 11.1. The Morgan fingerprint density at radius 2 is 1.71 bits per heavy atom. The second-order valence-electron chi connectivity index (χ2n) is 7.91. The van der Waals surface area contributed by atoms with E-state index < -0.39 is 11.2 Å². The summed E-state index contributed by atoms with van der Waals surface area (Å²) in [6.07, 6.45) is 0.628. The second-order valence-corrected chi connectivity index (χ2v) is 8.96. The molecular formula is C26H26N4O3S. The fraction of sp³-hybridized carbons (Fsp3) is 0.192. The lowest BCUT2D eigenvalue weighted by Gasteiger charge is -2.24. The number of rotatable bonds is 8. The minimum atomic E-state index is -0.663. The van der Waals surface area contributed by atoms with E-state index in [1.807, 2.05) is 79.7 Å². The maximum Gasteiger partial charge on any atom is 0.330 e. The first-order chi connectivity index (χ1) is 16.5. The number of nitrogens with zero attached hydrogens (tertiary/aromatic N) is 2. The van der Waals surface area contributed by atoms with Crippen molar-refractivity contribution in [2.24, 2.45) is 0 Å². The van der Waals surface area contributed by atoms with Crippen LogP contribution in [0.4, 0.5) is 11.5 Å². The van der Waals surface area contributed by atoms with Gasteiger partial charge in [-0.2, -0.15) is 0 Å². The number of anilines is 2. The lowest BCUT2D eigenvalue weighted by molar-refractivity contribution is -0.116. The Balaban J connectivity index is 1.61. The van der Waals surface area contributed by atoms with E-state index >= 15 is 0 Å². The molecule has 0 saturated heterocycles. The van der Waals surface area contributed by atoms with Gasteiger partial charge in [0, 0.05) is 11.4 Å². The SMILES string of the molecule is CCCN(C(=O)CSc1ccc2ccccc2c1)c1c(N)n(Cc2ccccc2)c(=O)[nH]c1=O. The number of nitrogens with one attached hydrogen (secondary N) is 1. The van der Waals surface area contributed by atoms with Crippen molar-refractivity contribution in [1.29, 1.82) is 0 Å². The number of nitrogen functional groups attached to an aromatic ring is 1. The molecule has 4 aromatic rings. The zero-order valence-electron chi connectivity index (χ0n) is 18.9. The number of amides is 1. The number of thioether (sulfide) groups is 1. The Kier molecular flexibility index (Phi) is 7.18. The van der Waals surface area contributed by atoms with E-state index in [9.17, 15) is 14.4 Å². The van der Waals surface area contributed by atoms with Crippen LogP contribution in [0.15, 0.2) is 87.3 Å². The van der Waals surface area contributed by atoms with Crippen LogP contribution in [0.3, 0.4) is 0 Å². The van der Waals surface area contributed by atoms with Crippen molar-refractivity contribution in [1.82, 2.24) is 9.55 Å². The Hall–Kier alpha value is -3.78. The average Bonchev–Trinajstić information content (AvgIpc) is 2.85. The summed E-state index contributed by atoms with van der Waals surface area (Å²) in [5.74, 6) is -0.132. The van der Waals surface area contributed by atoms with Gasteiger partial charge in [0.1, 0.15) is 5.82 Å². The van der Waals surface area contributed by atoms with Gasteiger partial charge < -0.3 is 10.6 Å². The molecule has 0 spiro atoms. The number of hydrogen-bond donors (Lipinski definition) is 2. The number of carbonyl (C=O) groups excluding carboxylic acids is 1. The van der Waals surface area contributed by atoms with Crippen molar-refractivity contribution in [2.75, 3.05) is 22.9 Å². The molecule has 3 aromatic carbocycles. The minimum absolute atomic E-state index is 0.0153. The molecule has 34 heavy (non-hydrogen) atoms. The quantitative estimate of drug-likeness (QED) is 0.378. The van der Waals surface area contributed by atoms with Gasteiger partial charge in [-0.25, -0.2) is 4.79 Å². The second kappa shape index (κ2) is 10.4. The van der Waals surface area contributed by atoms with E-state index in [2.05, 4.69) is 4.98 Å². The van der Waals surface area contributed by atoms with Gasteiger partial charge in [0.25, 0.3) is 5.56 Å². The molecular weight excluding hydrogens is 448 g/mol. The fourth-order valence-electron chi connectivity index (χ4n) is 3.83. The molecule has 1 amide bonds. The predicted octanol–water partition coefficient (Wildman–Crippen LogP) is 3.86. The number of nitrogens with two attached hydrogens (primary N) is 1. The van der Waals surface area contributed by atoms with E-state index in [1.165, 1.54) is 21.2 Å². The standard InChI is InChI=1S/C26H26N4O3S/c1-2-14-29(22(31)17-34-21-13-12-19-10-6-7-11-20(19)15-21)23-24(27)30(26(33)28-25(23)32)16-18-8-4-3-5-9-18/h3-13,15H,2,14,16-17,27H2,1H3,(H,28,32,33). The van der Waals surface area contributed by atoms with Crippen LogP contribution in [0.2, 0.25) is 0 Å². The summed E-state index contributed by atoms with van der Waals surface area (Å²) < 4.78 is 1.29. The molecule has 0 aliphatic heterocycles. The van der Waals surface area contributed by atoms with Gasteiger partial charge in [0.15, 0.2) is 5.69 Å². The molecule has 1 aromatic heterocycles. The van der Waals surface area contributed by atoms with Gasteiger partial charge in [-0.1, -0.05) is 67.6 Å². The van der Waals surface area contributed by atoms with Crippen LogP contribution in [0, 0.1) is 0 Å². The van der Waals surface area contributed by atoms with Gasteiger partial charge in [0.2, 0.25) is 5.91 Å². The first kappa shape index (κ1) is 23.4. The number of carbonyl (C=O) groups is 1.